The zero-order chi connectivity index (χ0) is 13.5. The highest BCUT2D eigenvalue weighted by molar-refractivity contribution is 7.57. The minimum absolute atomic E-state index is 0.0456. The first kappa shape index (κ1) is 16.1. The predicted octanol–water partition coefficient (Wildman–Crippen LogP) is 1.62. The molecule has 3 N–H and O–H groups in total. The van der Waals surface area contributed by atoms with Crippen molar-refractivity contribution in [3.63, 3.8) is 0 Å². The van der Waals surface area contributed by atoms with Gasteiger partial charge in [-0.05, 0) is 25.7 Å². The van der Waals surface area contributed by atoms with Crippen molar-refractivity contribution in [2.45, 2.75) is 32.1 Å². The molecule has 0 fully saturated rings. The average molecular weight is 266 g/mol. The zero-order valence-electron chi connectivity index (χ0n) is 9.83. The van der Waals surface area contributed by atoms with Crippen molar-refractivity contribution in [2.24, 2.45) is 5.92 Å². The highest BCUT2D eigenvalue weighted by Crippen LogP contribution is 2.36. The van der Waals surface area contributed by atoms with Crippen molar-refractivity contribution in [3.05, 3.63) is 0 Å². The highest BCUT2D eigenvalue weighted by atomic mass is 31.2. The first-order chi connectivity index (χ1) is 7.72. The zero-order valence-corrected chi connectivity index (χ0v) is 10.7. The van der Waals surface area contributed by atoms with E-state index in [4.69, 9.17) is 15.1 Å². The van der Waals surface area contributed by atoms with Crippen LogP contribution in [0.2, 0.25) is 0 Å². The van der Waals surface area contributed by atoms with E-state index in [2.05, 4.69) is 0 Å². The van der Waals surface area contributed by atoms with Gasteiger partial charge in [-0.3, -0.25) is 14.2 Å². The van der Waals surface area contributed by atoms with Crippen LogP contribution in [0, 0.1) is 5.92 Å². The lowest BCUT2D eigenvalue weighted by atomic mass is 9.97. The van der Waals surface area contributed by atoms with E-state index in [0.717, 1.165) is 0 Å². The summed E-state index contributed by atoms with van der Waals surface area (Å²) in [4.78, 5) is 30.2. The maximum absolute atomic E-state index is 11.0. The fraction of sp³-hybridized carbons (Fsp3) is 0.800. The second kappa shape index (κ2) is 7.45. The number of hydrogen-bond donors (Lipinski definition) is 3. The molecule has 0 saturated heterocycles. The molecule has 100 valence electrons. The molecule has 17 heavy (non-hydrogen) atoms. The lowest BCUT2D eigenvalue weighted by Crippen LogP contribution is -2.14. The van der Waals surface area contributed by atoms with Crippen molar-refractivity contribution in [1.29, 1.82) is 0 Å². The Morgan fingerprint density at radius 1 is 1.18 bits per heavy atom. The van der Waals surface area contributed by atoms with Crippen LogP contribution >= 0.6 is 7.37 Å². The van der Waals surface area contributed by atoms with Crippen molar-refractivity contribution >= 4 is 19.3 Å². The van der Waals surface area contributed by atoms with Crippen LogP contribution in [0.5, 0.6) is 0 Å². The van der Waals surface area contributed by atoms with E-state index in [-0.39, 0.29) is 12.6 Å². The molecule has 0 saturated carbocycles. The molecule has 0 radical (unpaired) electrons. The van der Waals surface area contributed by atoms with E-state index < -0.39 is 25.2 Å². The van der Waals surface area contributed by atoms with Crippen LogP contribution in [0.15, 0.2) is 0 Å². The van der Waals surface area contributed by atoms with E-state index >= 15 is 0 Å². The summed E-state index contributed by atoms with van der Waals surface area (Å²) in [5, 5.41) is 17.3. The standard InChI is InChI=1S/C10H19O6P/c1-17(15,16)7-3-5-8(10(13)14)4-2-6-9(11)12/h8H,2-7H2,1H3,(H,11,12)(H,13,14)(H,15,16). The lowest BCUT2D eigenvalue weighted by Gasteiger charge is -2.12. The van der Waals surface area contributed by atoms with Crippen LogP contribution in [0.1, 0.15) is 32.1 Å². The summed E-state index contributed by atoms with van der Waals surface area (Å²) < 4.78 is 11.0. The first-order valence-electron chi connectivity index (χ1n) is 5.46. The van der Waals surface area contributed by atoms with Gasteiger partial charge in [0.25, 0.3) is 0 Å². The molecule has 0 bridgehead atoms. The Bertz CT molecular complexity index is 308. The second-order valence-electron chi connectivity index (χ2n) is 4.24. The van der Waals surface area contributed by atoms with Gasteiger partial charge in [0.1, 0.15) is 0 Å². The van der Waals surface area contributed by atoms with Crippen LogP contribution in [-0.4, -0.2) is 39.9 Å². The molecule has 0 heterocycles. The molecule has 2 atom stereocenters. The third-order valence-corrected chi connectivity index (χ3v) is 3.56. The number of carbonyl (C=O) groups is 2. The first-order valence-corrected chi connectivity index (χ1v) is 7.75. The monoisotopic (exact) mass is 266 g/mol. The van der Waals surface area contributed by atoms with Gasteiger partial charge in [0.2, 0.25) is 0 Å². The number of aliphatic carboxylic acids is 2. The smallest absolute Gasteiger partial charge is 0.306 e. The summed E-state index contributed by atoms with van der Waals surface area (Å²) in [6, 6.07) is 0. The van der Waals surface area contributed by atoms with E-state index in [1.165, 1.54) is 6.66 Å². The Morgan fingerprint density at radius 2 is 1.71 bits per heavy atom. The molecule has 6 nitrogen and oxygen atoms in total. The van der Waals surface area contributed by atoms with Crippen molar-refractivity contribution < 1.29 is 29.3 Å². The van der Waals surface area contributed by atoms with E-state index in [1.54, 1.807) is 0 Å². The molecule has 0 spiro atoms. The molecular formula is C10H19O6P. The van der Waals surface area contributed by atoms with Gasteiger partial charge in [-0.25, -0.2) is 0 Å². The molecule has 0 aromatic carbocycles. The summed E-state index contributed by atoms with van der Waals surface area (Å²) in [5.74, 6) is -2.54. The maximum Gasteiger partial charge on any atom is 0.306 e. The largest absolute Gasteiger partial charge is 0.481 e. The number of carboxylic acid groups (broad SMARTS) is 2. The fourth-order valence-electron chi connectivity index (χ4n) is 1.52. The molecule has 2 unspecified atom stereocenters. The van der Waals surface area contributed by atoms with Crippen LogP contribution in [0.4, 0.5) is 0 Å². The molecule has 7 heteroatoms. The third-order valence-electron chi connectivity index (χ3n) is 2.42. The minimum Gasteiger partial charge on any atom is -0.481 e. The fourth-order valence-corrected chi connectivity index (χ4v) is 2.29. The van der Waals surface area contributed by atoms with Crippen molar-refractivity contribution in [2.75, 3.05) is 12.8 Å². The van der Waals surface area contributed by atoms with Crippen LogP contribution in [-0.2, 0) is 14.2 Å². The predicted molar refractivity (Wildman–Crippen MR) is 62.5 cm³/mol. The van der Waals surface area contributed by atoms with Crippen molar-refractivity contribution in [3.8, 4) is 0 Å². The second-order valence-corrected chi connectivity index (χ2v) is 6.79. The average Bonchev–Trinajstić information content (AvgIpc) is 2.12. The Morgan fingerprint density at radius 3 is 2.12 bits per heavy atom. The topological polar surface area (TPSA) is 112 Å². The highest BCUT2D eigenvalue weighted by Gasteiger charge is 2.19. The molecule has 0 aromatic heterocycles. The third kappa shape index (κ3) is 10.0. The van der Waals surface area contributed by atoms with E-state index in [1.807, 2.05) is 0 Å². The van der Waals surface area contributed by atoms with E-state index in [0.29, 0.717) is 25.7 Å². The maximum atomic E-state index is 11.0. The molecule has 0 aromatic rings. The molecule has 0 aliphatic heterocycles. The Hall–Kier alpha value is -0.870. The van der Waals surface area contributed by atoms with Gasteiger partial charge >= 0.3 is 11.9 Å². The Balaban J connectivity index is 3.95. The number of hydrogen-bond acceptors (Lipinski definition) is 3. The van der Waals surface area contributed by atoms with Crippen LogP contribution in [0.25, 0.3) is 0 Å². The molecule has 0 amide bonds. The summed E-state index contributed by atoms with van der Waals surface area (Å²) in [5.41, 5.74) is 0. The molecule has 0 rings (SSSR count). The van der Waals surface area contributed by atoms with E-state index in [9.17, 15) is 14.2 Å². The summed E-state index contributed by atoms with van der Waals surface area (Å²) in [6.07, 6.45) is 1.35. The van der Waals surface area contributed by atoms with Crippen LogP contribution in [0.3, 0.4) is 0 Å². The normalized spacial score (nSPS) is 16.1. The molecular weight excluding hydrogens is 247 g/mol. The summed E-state index contributed by atoms with van der Waals surface area (Å²) >= 11 is 0. The Labute approximate surface area is 100 Å². The summed E-state index contributed by atoms with van der Waals surface area (Å²) in [7, 11) is -3.08. The molecule has 0 aliphatic rings. The van der Waals surface area contributed by atoms with Gasteiger partial charge in [0, 0.05) is 19.2 Å². The van der Waals surface area contributed by atoms with Gasteiger partial charge in [-0.1, -0.05) is 0 Å². The SMILES string of the molecule is CP(=O)(O)CCCC(CCCC(=O)O)C(=O)O. The molecule has 0 aliphatic carbocycles. The van der Waals surface area contributed by atoms with Gasteiger partial charge in [0.05, 0.1) is 5.92 Å². The Kier molecular flexibility index (Phi) is 7.07. The van der Waals surface area contributed by atoms with Crippen LogP contribution < -0.4 is 0 Å². The van der Waals surface area contributed by atoms with Gasteiger partial charge < -0.3 is 15.1 Å². The quantitative estimate of drug-likeness (QED) is 0.547. The summed E-state index contributed by atoms with van der Waals surface area (Å²) in [6.45, 7) is 1.24. The minimum atomic E-state index is -3.08. The van der Waals surface area contributed by atoms with Gasteiger partial charge in [-0.15, -0.1) is 0 Å². The lowest BCUT2D eigenvalue weighted by molar-refractivity contribution is -0.143. The number of carboxylic acids is 2. The van der Waals surface area contributed by atoms with Crippen molar-refractivity contribution in [1.82, 2.24) is 0 Å². The van der Waals surface area contributed by atoms with Gasteiger partial charge in [0.15, 0.2) is 7.37 Å². The van der Waals surface area contributed by atoms with Gasteiger partial charge in [-0.2, -0.15) is 0 Å². The number of rotatable bonds is 9.